The maximum atomic E-state index is 11.4. The lowest BCUT2D eigenvalue weighted by Crippen LogP contribution is -2.38. The minimum Gasteiger partial charge on any atom is -0.478 e. The van der Waals surface area contributed by atoms with Gasteiger partial charge in [0.15, 0.2) is 0 Å². The molecule has 1 atom stereocenters. The van der Waals surface area contributed by atoms with Gasteiger partial charge in [-0.3, -0.25) is 4.90 Å². The van der Waals surface area contributed by atoms with E-state index in [0.29, 0.717) is 5.57 Å². The molecule has 5 heteroatoms. The number of carbonyl (C=O) groups is 2. The summed E-state index contributed by atoms with van der Waals surface area (Å²) in [6.45, 7) is 12.2. The summed E-state index contributed by atoms with van der Waals surface area (Å²) in [7, 11) is 0. The molecule has 5 nitrogen and oxygen atoms in total. The van der Waals surface area contributed by atoms with Crippen molar-refractivity contribution in [3.8, 4) is 0 Å². The highest BCUT2D eigenvalue weighted by molar-refractivity contribution is 5.87. The summed E-state index contributed by atoms with van der Waals surface area (Å²) in [5, 5.41) is 8.92. The highest BCUT2D eigenvalue weighted by Crippen LogP contribution is 2.07. The molecule has 0 spiro atoms. The second-order valence-corrected chi connectivity index (χ2v) is 4.32. The summed E-state index contributed by atoms with van der Waals surface area (Å²) in [5.74, 6) is -1.43. The number of aliphatic carboxylic acids is 1. The molecule has 19 heavy (non-hydrogen) atoms. The van der Waals surface area contributed by atoms with Crippen molar-refractivity contribution in [3.63, 3.8) is 0 Å². The van der Waals surface area contributed by atoms with Crippen molar-refractivity contribution in [2.45, 2.75) is 33.7 Å². The maximum absolute atomic E-state index is 11.4. The van der Waals surface area contributed by atoms with Crippen LogP contribution in [0, 0.1) is 0 Å². The predicted octanol–water partition coefficient (Wildman–Crippen LogP) is 1.85. The third-order valence-corrected chi connectivity index (χ3v) is 2.79. The van der Waals surface area contributed by atoms with Gasteiger partial charge >= 0.3 is 11.9 Å². The van der Waals surface area contributed by atoms with Gasteiger partial charge in [-0.25, -0.2) is 9.59 Å². The van der Waals surface area contributed by atoms with Crippen LogP contribution in [0.25, 0.3) is 0 Å². The Morgan fingerprint density at radius 3 is 2.21 bits per heavy atom. The molecule has 108 valence electrons. The smallest absolute Gasteiger partial charge is 0.333 e. The van der Waals surface area contributed by atoms with E-state index in [2.05, 4.69) is 6.58 Å². The average Bonchev–Trinajstić information content (AvgIpc) is 2.35. The van der Waals surface area contributed by atoms with Gasteiger partial charge in [-0.15, -0.1) is 0 Å². The van der Waals surface area contributed by atoms with Gasteiger partial charge in [0.2, 0.25) is 0 Å². The van der Waals surface area contributed by atoms with E-state index < -0.39 is 11.9 Å². The molecule has 0 heterocycles. The predicted molar refractivity (Wildman–Crippen MR) is 73.9 cm³/mol. The van der Waals surface area contributed by atoms with Gasteiger partial charge in [-0.2, -0.15) is 0 Å². The molecular formula is C14H23NO4. The molecule has 0 aliphatic carbocycles. The van der Waals surface area contributed by atoms with Crippen molar-refractivity contribution < 1.29 is 19.4 Å². The number of hydrogen-bond donors (Lipinski definition) is 1. The topological polar surface area (TPSA) is 66.8 Å². The molecule has 0 aromatic heterocycles. The van der Waals surface area contributed by atoms with Crippen LogP contribution in [0.5, 0.6) is 0 Å². The second-order valence-electron chi connectivity index (χ2n) is 4.32. The van der Waals surface area contributed by atoms with Crippen LogP contribution in [0.2, 0.25) is 0 Å². The molecule has 1 N–H and O–H groups in total. The zero-order valence-electron chi connectivity index (χ0n) is 12.1. The van der Waals surface area contributed by atoms with Gasteiger partial charge in [0, 0.05) is 11.1 Å². The number of carbonyl (C=O) groups excluding carboxylic acids is 1. The first-order valence-corrected chi connectivity index (χ1v) is 6.31. The molecule has 0 aliphatic heterocycles. The molecule has 0 aromatic carbocycles. The Kier molecular flexibility index (Phi) is 7.75. The Hall–Kier alpha value is -1.62. The maximum Gasteiger partial charge on any atom is 0.333 e. The van der Waals surface area contributed by atoms with Gasteiger partial charge in [0.1, 0.15) is 6.61 Å². The van der Waals surface area contributed by atoms with Crippen LogP contribution in [-0.4, -0.2) is 47.7 Å². The molecule has 0 rings (SSSR count). The lowest BCUT2D eigenvalue weighted by molar-refractivity contribution is -0.140. The van der Waals surface area contributed by atoms with Gasteiger partial charge in [0.05, 0.1) is 6.04 Å². The van der Waals surface area contributed by atoms with Gasteiger partial charge in [-0.1, -0.05) is 26.5 Å². The molecular weight excluding hydrogens is 246 g/mol. The molecule has 0 radical (unpaired) electrons. The van der Waals surface area contributed by atoms with Crippen molar-refractivity contribution in [2.24, 2.45) is 0 Å². The Bertz CT molecular complexity index is 370. The van der Waals surface area contributed by atoms with E-state index in [1.165, 1.54) is 6.92 Å². The number of hydrogen-bond acceptors (Lipinski definition) is 4. The fourth-order valence-corrected chi connectivity index (χ4v) is 1.60. The first kappa shape index (κ1) is 17.4. The standard InChI is InChI=1S/C14H23NO4/c1-6-15(7-2)12(8-11(5)13(16)17)9-19-14(18)10(3)4/h8,12H,3,6-7,9H2,1-2,4-5H3,(H,16,17). The summed E-state index contributed by atoms with van der Waals surface area (Å²) in [5.41, 5.74) is 0.570. The van der Waals surface area contributed by atoms with E-state index in [1.54, 1.807) is 13.0 Å². The minimum absolute atomic E-state index is 0.123. The number of likely N-dealkylation sites (N-methyl/N-ethyl adjacent to an activating group) is 1. The highest BCUT2D eigenvalue weighted by Gasteiger charge is 2.17. The van der Waals surface area contributed by atoms with E-state index in [0.717, 1.165) is 13.1 Å². The Morgan fingerprint density at radius 2 is 1.84 bits per heavy atom. The summed E-state index contributed by atoms with van der Waals surface area (Å²) in [4.78, 5) is 24.3. The lowest BCUT2D eigenvalue weighted by atomic mass is 10.1. The molecule has 0 fully saturated rings. The van der Waals surface area contributed by atoms with E-state index in [9.17, 15) is 9.59 Å². The number of carboxylic acid groups (broad SMARTS) is 1. The van der Waals surface area contributed by atoms with Crippen LogP contribution >= 0.6 is 0 Å². The number of nitrogens with zero attached hydrogens (tertiary/aromatic N) is 1. The fraction of sp³-hybridized carbons (Fsp3) is 0.571. The highest BCUT2D eigenvalue weighted by atomic mass is 16.5. The Balaban J connectivity index is 4.87. The van der Waals surface area contributed by atoms with Crippen LogP contribution in [0.4, 0.5) is 0 Å². The number of rotatable bonds is 8. The number of ether oxygens (including phenoxy) is 1. The minimum atomic E-state index is -0.969. The molecule has 0 amide bonds. The second kappa shape index (κ2) is 8.48. The van der Waals surface area contributed by atoms with E-state index in [-0.39, 0.29) is 18.2 Å². The van der Waals surface area contributed by atoms with Crippen LogP contribution in [0.15, 0.2) is 23.8 Å². The van der Waals surface area contributed by atoms with Crippen LogP contribution < -0.4 is 0 Å². The lowest BCUT2D eigenvalue weighted by Gasteiger charge is -2.27. The molecule has 0 aliphatic rings. The first-order valence-electron chi connectivity index (χ1n) is 6.31. The zero-order chi connectivity index (χ0) is 15.0. The van der Waals surface area contributed by atoms with Crippen LogP contribution in [0.1, 0.15) is 27.7 Å². The molecule has 1 unspecified atom stereocenters. The number of carboxylic acids is 1. The monoisotopic (exact) mass is 269 g/mol. The molecule has 0 aromatic rings. The Morgan fingerprint density at radius 1 is 1.32 bits per heavy atom. The van der Waals surface area contributed by atoms with E-state index in [4.69, 9.17) is 9.84 Å². The van der Waals surface area contributed by atoms with E-state index in [1.807, 2.05) is 18.7 Å². The van der Waals surface area contributed by atoms with Crippen molar-refractivity contribution in [3.05, 3.63) is 23.8 Å². The Labute approximate surface area is 114 Å². The molecule has 0 saturated carbocycles. The largest absolute Gasteiger partial charge is 0.478 e. The van der Waals surface area contributed by atoms with Crippen molar-refractivity contribution in [1.82, 2.24) is 4.90 Å². The summed E-state index contributed by atoms with van der Waals surface area (Å²) in [6, 6.07) is -0.241. The van der Waals surface area contributed by atoms with E-state index >= 15 is 0 Å². The summed E-state index contributed by atoms with van der Waals surface area (Å²) in [6.07, 6.45) is 1.61. The summed E-state index contributed by atoms with van der Waals surface area (Å²) >= 11 is 0. The SMILES string of the molecule is C=C(C)C(=O)OCC(C=C(C)C(=O)O)N(CC)CC. The van der Waals surface area contributed by atoms with Crippen molar-refractivity contribution in [1.29, 1.82) is 0 Å². The van der Waals surface area contributed by atoms with Crippen LogP contribution in [0.3, 0.4) is 0 Å². The van der Waals surface area contributed by atoms with Gasteiger partial charge in [-0.05, 0) is 26.9 Å². The van der Waals surface area contributed by atoms with Crippen molar-refractivity contribution >= 4 is 11.9 Å². The molecule has 0 saturated heterocycles. The number of esters is 1. The first-order chi connectivity index (χ1) is 8.83. The zero-order valence-corrected chi connectivity index (χ0v) is 12.1. The molecule has 0 bridgehead atoms. The summed E-state index contributed by atoms with van der Waals surface area (Å²) < 4.78 is 5.11. The van der Waals surface area contributed by atoms with Gasteiger partial charge < -0.3 is 9.84 Å². The van der Waals surface area contributed by atoms with Crippen molar-refractivity contribution in [2.75, 3.05) is 19.7 Å². The average molecular weight is 269 g/mol. The van der Waals surface area contributed by atoms with Crippen LogP contribution in [-0.2, 0) is 14.3 Å². The fourth-order valence-electron chi connectivity index (χ4n) is 1.60. The third kappa shape index (κ3) is 6.20. The van der Waals surface area contributed by atoms with Gasteiger partial charge in [0.25, 0.3) is 0 Å². The third-order valence-electron chi connectivity index (χ3n) is 2.79. The quantitative estimate of drug-likeness (QED) is 0.538. The normalized spacial score (nSPS) is 13.2.